The molecule has 4 heteroatoms. The highest BCUT2D eigenvalue weighted by molar-refractivity contribution is 8.16. The van der Waals surface area contributed by atoms with Gasteiger partial charge in [0.15, 0.2) is 5.12 Å². The topological polar surface area (TPSA) is 46.2 Å². The van der Waals surface area contributed by atoms with Gasteiger partial charge in [-0.2, -0.15) is 0 Å². The second-order valence-corrected chi connectivity index (χ2v) is 6.96. The van der Waals surface area contributed by atoms with Gasteiger partial charge < -0.3 is 5.32 Å². The molecule has 0 atom stereocenters. The summed E-state index contributed by atoms with van der Waals surface area (Å²) in [6.45, 7) is 1.50. The molecule has 0 radical (unpaired) electrons. The van der Waals surface area contributed by atoms with Gasteiger partial charge in [0.25, 0.3) is 0 Å². The Kier molecular flexibility index (Phi) is 10.3. The van der Waals surface area contributed by atoms with E-state index < -0.39 is 0 Å². The average molecular weight is 311 g/mol. The Balaban J connectivity index is 2.34. The van der Waals surface area contributed by atoms with Crippen LogP contribution in [-0.2, 0) is 9.59 Å². The van der Waals surface area contributed by atoms with Gasteiger partial charge in [0.2, 0.25) is 5.91 Å². The zero-order valence-electron chi connectivity index (χ0n) is 13.2. The Labute approximate surface area is 133 Å². The van der Waals surface area contributed by atoms with Crippen molar-refractivity contribution in [2.24, 2.45) is 0 Å². The van der Waals surface area contributed by atoms with Crippen molar-refractivity contribution in [1.29, 1.82) is 0 Å². The van der Waals surface area contributed by atoms with Gasteiger partial charge in [-0.05, 0) is 18.2 Å². The molecular weight excluding hydrogens is 282 g/mol. The van der Waals surface area contributed by atoms with Crippen LogP contribution in [0.5, 0.6) is 0 Å². The van der Waals surface area contributed by atoms with E-state index in [-0.39, 0.29) is 11.0 Å². The van der Waals surface area contributed by atoms with Crippen LogP contribution in [-0.4, -0.2) is 17.1 Å². The minimum absolute atomic E-state index is 0.00468. The lowest BCUT2D eigenvalue weighted by Gasteiger charge is -2.18. The molecule has 21 heavy (non-hydrogen) atoms. The van der Waals surface area contributed by atoms with E-state index in [2.05, 4.69) is 5.32 Å². The molecule has 1 rings (SSSR count). The Morgan fingerprint density at radius 3 is 1.86 bits per heavy atom. The first kappa shape index (κ1) is 18.3. The third-order valence-electron chi connectivity index (χ3n) is 3.90. The van der Waals surface area contributed by atoms with E-state index in [1.165, 1.54) is 70.8 Å². The minimum atomic E-state index is -0.0687. The van der Waals surface area contributed by atoms with E-state index in [1.54, 1.807) is 5.41 Å². The van der Waals surface area contributed by atoms with Crippen LogP contribution in [0, 0.1) is 0 Å². The van der Waals surface area contributed by atoms with Gasteiger partial charge in [0.1, 0.15) is 0 Å². The fraction of sp³-hybridized carbons (Fsp3) is 0.765. The molecule has 0 spiro atoms. The normalized spacial score (nSPS) is 19.7. The predicted molar refractivity (Wildman–Crippen MR) is 90.1 cm³/mol. The standard InChI is InChI=1S/C17H29NO2S/c1-15(19)21-14-13-17(20)18-16-11-9-7-5-3-2-4-6-8-10-12-16/h13-14,16H,2-12H2,1H3,(H,18,20)/b14-13-. The third kappa shape index (κ3) is 10.6. The van der Waals surface area contributed by atoms with Crippen LogP contribution in [0.2, 0.25) is 0 Å². The lowest BCUT2D eigenvalue weighted by molar-refractivity contribution is -0.117. The monoisotopic (exact) mass is 311 g/mol. The molecule has 1 saturated carbocycles. The first-order valence-corrected chi connectivity index (χ1v) is 9.20. The number of carbonyl (C=O) groups excluding carboxylic acids is 2. The summed E-state index contributed by atoms with van der Waals surface area (Å²) in [6.07, 6.45) is 15.4. The fourth-order valence-corrected chi connectivity index (χ4v) is 3.13. The zero-order valence-corrected chi connectivity index (χ0v) is 14.1. The highest BCUT2D eigenvalue weighted by atomic mass is 32.2. The van der Waals surface area contributed by atoms with E-state index in [4.69, 9.17) is 0 Å². The maximum Gasteiger partial charge on any atom is 0.244 e. The third-order valence-corrected chi connectivity index (χ3v) is 4.51. The molecule has 120 valence electrons. The predicted octanol–water partition coefficient (Wildman–Crippen LogP) is 4.57. The Bertz CT molecular complexity index is 330. The van der Waals surface area contributed by atoms with E-state index in [9.17, 15) is 9.59 Å². The highest BCUT2D eigenvalue weighted by Crippen LogP contribution is 2.17. The fourth-order valence-electron chi connectivity index (χ4n) is 2.75. The molecule has 1 N–H and O–H groups in total. The maximum absolute atomic E-state index is 11.8. The van der Waals surface area contributed by atoms with Gasteiger partial charge in [-0.25, -0.2) is 0 Å². The number of hydrogen-bond acceptors (Lipinski definition) is 3. The van der Waals surface area contributed by atoms with Gasteiger partial charge in [-0.15, -0.1) is 0 Å². The lowest BCUT2D eigenvalue weighted by atomic mass is 9.98. The van der Waals surface area contributed by atoms with Crippen molar-refractivity contribution in [3.8, 4) is 0 Å². The van der Waals surface area contributed by atoms with Crippen molar-refractivity contribution < 1.29 is 9.59 Å². The molecule has 1 aliphatic rings. The first-order valence-electron chi connectivity index (χ1n) is 8.33. The highest BCUT2D eigenvalue weighted by Gasteiger charge is 2.11. The summed E-state index contributed by atoms with van der Waals surface area (Å²) < 4.78 is 0. The Morgan fingerprint density at radius 1 is 0.905 bits per heavy atom. The van der Waals surface area contributed by atoms with Crippen molar-refractivity contribution in [3.05, 3.63) is 11.5 Å². The minimum Gasteiger partial charge on any atom is -0.350 e. The van der Waals surface area contributed by atoms with Gasteiger partial charge in [-0.3, -0.25) is 9.59 Å². The smallest absolute Gasteiger partial charge is 0.244 e. The van der Waals surface area contributed by atoms with Crippen molar-refractivity contribution in [3.63, 3.8) is 0 Å². The van der Waals surface area contributed by atoms with E-state index in [0.717, 1.165) is 24.6 Å². The molecule has 0 aromatic heterocycles. The lowest BCUT2D eigenvalue weighted by Crippen LogP contribution is -2.33. The van der Waals surface area contributed by atoms with Crippen molar-refractivity contribution in [2.45, 2.75) is 83.6 Å². The second-order valence-electron chi connectivity index (χ2n) is 5.88. The second kappa shape index (κ2) is 11.8. The maximum atomic E-state index is 11.8. The van der Waals surface area contributed by atoms with Gasteiger partial charge in [-0.1, -0.05) is 69.5 Å². The summed E-state index contributed by atoms with van der Waals surface area (Å²) in [5.74, 6) is -0.0687. The van der Waals surface area contributed by atoms with Crippen molar-refractivity contribution >= 4 is 22.8 Å². The Hall–Kier alpha value is -0.770. The van der Waals surface area contributed by atoms with Crippen LogP contribution < -0.4 is 5.32 Å². The largest absolute Gasteiger partial charge is 0.350 e. The molecule has 0 unspecified atom stereocenters. The molecule has 0 aromatic carbocycles. The van der Waals surface area contributed by atoms with Gasteiger partial charge in [0.05, 0.1) is 0 Å². The summed E-state index contributed by atoms with van der Waals surface area (Å²) in [7, 11) is 0. The Morgan fingerprint density at radius 2 is 1.38 bits per heavy atom. The van der Waals surface area contributed by atoms with Crippen LogP contribution in [0.3, 0.4) is 0 Å². The molecule has 1 fully saturated rings. The molecule has 0 bridgehead atoms. The summed E-state index contributed by atoms with van der Waals surface area (Å²) >= 11 is 1.06. The number of carbonyl (C=O) groups is 2. The summed E-state index contributed by atoms with van der Waals surface area (Å²) in [5.41, 5.74) is 0. The number of hydrogen-bond donors (Lipinski definition) is 1. The molecular formula is C17H29NO2S. The summed E-state index contributed by atoms with van der Waals surface area (Å²) in [5, 5.41) is 4.68. The van der Waals surface area contributed by atoms with Gasteiger partial charge in [0, 0.05) is 19.0 Å². The van der Waals surface area contributed by atoms with Crippen LogP contribution in [0.25, 0.3) is 0 Å². The number of thioether (sulfide) groups is 1. The van der Waals surface area contributed by atoms with Crippen LogP contribution in [0.15, 0.2) is 11.5 Å². The molecule has 0 heterocycles. The molecule has 0 saturated heterocycles. The molecule has 0 aliphatic heterocycles. The SMILES string of the molecule is CC(=O)S/C=C\C(=O)NC1CCCCCCCCCCC1. The molecule has 1 amide bonds. The van der Waals surface area contributed by atoms with E-state index in [1.807, 2.05) is 0 Å². The van der Waals surface area contributed by atoms with Crippen LogP contribution in [0.1, 0.15) is 77.6 Å². The molecule has 3 nitrogen and oxygen atoms in total. The summed E-state index contributed by atoms with van der Waals surface area (Å²) in [4.78, 5) is 22.7. The van der Waals surface area contributed by atoms with Crippen LogP contribution in [0.4, 0.5) is 0 Å². The quantitative estimate of drug-likeness (QED) is 0.777. The van der Waals surface area contributed by atoms with Crippen LogP contribution >= 0.6 is 11.8 Å². The number of amides is 1. The number of rotatable bonds is 3. The van der Waals surface area contributed by atoms with Gasteiger partial charge >= 0.3 is 0 Å². The van der Waals surface area contributed by atoms with E-state index >= 15 is 0 Å². The van der Waals surface area contributed by atoms with E-state index in [0.29, 0.717) is 6.04 Å². The summed E-state index contributed by atoms with van der Waals surface area (Å²) in [6, 6.07) is 0.295. The first-order chi connectivity index (χ1) is 10.2. The van der Waals surface area contributed by atoms with Crippen molar-refractivity contribution in [1.82, 2.24) is 5.32 Å². The zero-order chi connectivity index (χ0) is 15.3. The molecule has 0 aromatic rings. The van der Waals surface area contributed by atoms with Crippen molar-refractivity contribution in [2.75, 3.05) is 0 Å². The average Bonchev–Trinajstić information content (AvgIpc) is 2.41. The number of nitrogens with one attached hydrogen (secondary N) is 1. The molecule has 1 aliphatic carbocycles.